The molecule has 9 nitrogen and oxygen atoms in total. The zero-order chi connectivity index (χ0) is 23.2. The molecule has 33 heavy (non-hydrogen) atoms. The van der Waals surface area contributed by atoms with E-state index in [0.717, 1.165) is 12.8 Å². The van der Waals surface area contributed by atoms with Crippen molar-refractivity contribution < 1.29 is 19.1 Å². The molecule has 1 aliphatic rings. The van der Waals surface area contributed by atoms with E-state index in [-0.39, 0.29) is 35.2 Å². The van der Waals surface area contributed by atoms with Crippen LogP contribution in [0.2, 0.25) is 0 Å². The lowest BCUT2D eigenvalue weighted by atomic mass is 10.2. The van der Waals surface area contributed by atoms with E-state index in [2.05, 4.69) is 32.5 Å². The standard InChI is InChI=1S/C24H23N5O4/c1-3-21(30)26-16-6-5-9-19(13-16)33-23-20(22(31)27-15-10-11-15)14-25-24(29-23)28-17-7-4-8-18(12-17)32-2/h3-9,12-15H,1,10-11H2,2H3,(H,26,30)(H,27,31)(H,25,28,29). The number of nitrogens with zero attached hydrogens (tertiary/aromatic N) is 2. The maximum Gasteiger partial charge on any atom is 0.258 e. The molecule has 0 unspecified atom stereocenters. The molecular weight excluding hydrogens is 422 g/mol. The van der Waals surface area contributed by atoms with Gasteiger partial charge in [-0.15, -0.1) is 0 Å². The average Bonchev–Trinajstić information content (AvgIpc) is 3.63. The van der Waals surface area contributed by atoms with E-state index < -0.39 is 0 Å². The molecule has 1 aromatic heterocycles. The van der Waals surface area contributed by atoms with Gasteiger partial charge in [0.25, 0.3) is 5.91 Å². The molecule has 2 amide bonds. The first-order valence-electron chi connectivity index (χ1n) is 10.3. The Morgan fingerprint density at radius 2 is 1.82 bits per heavy atom. The van der Waals surface area contributed by atoms with Gasteiger partial charge < -0.3 is 25.4 Å². The van der Waals surface area contributed by atoms with Crippen molar-refractivity contribution in [2.24, 2.45) is 0 Å². The van der Waals surface area contributed by atoms with Gasteiger partial charge in [0.2, 0.25) is 17.7 Å². The molecule has 3 aromatic rings. The van der Waals surface area contributed by atoms with Gasteiger partial charge in [0.15, 0.2) is 0 Å². The fraction of sp³-hybridized carbons (Fsp3) is 0.167. The molecule has 0 bridgehead atoms. The molecule has 1 heterocycles. The Hall–Kier alpha value is -4.40. The predicted octanol–water partition coefficient (Wildman–Crippen LogP) is 4.04. The number of hydrogen-bond acceptors (Lipinski definition) is 7. The molecular formula is C24H23N5O4. The normalized spacial score (nSPS) is 12.4. The molecule has 168 valence electrons. The van der Waals surface area contributed by atoms with Crippen LogP contribution in [0.3, 0.4) is 0 Å². The topological polar surface area (TPSA) is 114 Å². The van der Waals surface area contributed by atoms with Gasteiger partial charge in [-0.05, 0) is 43.2 Å². The lowest BCUT2D eigenvalue weighted by Gasteiger charge is -2.13. The van der Waals surface area contributed by atoms with E-state index in [0.29, 0.717) is 22.9 Å². The van der Waals surface area contributed by atoms with Crippen LogP contribution < -0.4 is 25.4 Å². The summed E-state index contributed by atoms with van der Waals surface area (Å²) in [5.74, 6) is 0.747. The smallest absolute Gasteiger partial charge is 0.258 e. The summed E-state index contributed by atoms with van der Waals surface area (Å²) in [4.78, 5) is 33.0. The Morgan fingerprint density at radius 3 is 2.55 bits per heavy atom. The molecule has 1 saturated carbocycles. The predicted molar refractivity (Wildman–Crippen MR) is 124 cm³/mol. The maximum atomic E-state index is 12.7. The van der Waals surface area contributed by atoms with E-state index in [1.807, 2.05) is 18.2 Å². The molecule has 1 aliphatic carbocycles. The zero-order valence-corrected chi connectivity index (χ0v) is 18.0. The van der Waals surface area contributed by atoms with Crippen molar-refractivity contribution in [1.82, 2.24) is 15.3 Å². The number of nitrogens with one attached hydrogen (secondary N) is 3. The lowest BCUT2D eigenvalue weighted by Crippen LogP contribution is -2.26. The summed E-state index contributed by atoms with van der Waals surface area (Å²) in [6.45, 7) is 3.44. The molecule has 3 N–H and O–H groups in total. The summed E-state index contributed by atoms with van der Waals surface area (Å²) < 4.78 is 11.2. The van der Waals surface area contributed by atoms with Crippen molar-refractivity contribution in [1.29, 1.82) is 0 Å². The number of benzene rings is 2. The Labute approximate surface area is 190 Å². The van der Waals surface area contributed by atoms with Crippen LogP contribution in [0.15, 0.2) is 67.4 Å². The highest BCUT2D eigenvalue weighted by Crippen LogP contribution is 2.28. The van der Waals surface area contributed by atoms with Gasteiger partial charge in [-0.25, -0.2) is 4.98 Å². The largest absolute Gasteiger partial charge is 0.497 e. The number of anilines is 3. The van der Waals surface area contributed by atoms with E-state index in [1.54, 1.807) is 37.4 Å². The van der Waals surface area contributed by atoms with E-state index >= 15 is 0 Å². The lowest BCUT2D eigenvalue weighted by molar-refractivity contribution is -0.111. The zero-order valence-electron chi connectivity index (χ0n) is 18.0. The van der Waals surface area contributed by atoms with Crippen LogP contribution in [0.1, 0.15) is 23.2 Å². The number of carbonyl (C=O) groups excluding carboxylic acids is 2. The third-order valence-electron chi connectivity index (χ3n) is 4.74. The van der Waals surface area contributed by atoms with Gasteiger partial charge in [-0.2, -0.15) is 4.98 Å². The Balaban J connectivity index is 1.62. The van der Waals surface area contributed by atoms with Crippen molar-refractivity contribution in [2.45, 2.75) is 18.9 Å². The number of rotatable bonds is 9. The molecule has 9 heteroatoms. The number of hydrogen-bond donors (Lipinski definition) is 3. The molecule has 0 atom stereocenters. The third-order valence-corrected chi connectivity index (χ3v) is 4.74. The van der Waals surface area contributed by atoms with Crippen LogP contribution in [0, 0.1) is 0 Å². The number of carbonyl (C=O) groups is 2. The van der Waals surface area contributed by atoms with Gasteiger partial charge in [-0.1, -0.05) is 18.7 Å². The summed E-state index contributed by atoms with van der Waals surface area (Å²) in [6.07, 6.45) is 4.49. The Morgan fingerprint density at radius 1 is 1.09 bits per heavy atom. The van der Waals surface area contributed by atoms with Crippen molar-refractivity contribution >= 4 is 29.1 Å². The minimum atomic E-state index is -0.344. The van der Waals surface area contributed by atoms with Crippen LogP contribution in [-0.4, -0.2) is 34.9 Å². The molecule has 4 rings (SSSR count). The SMILES string of the molecule is C=CC(=O)Nc1cccc(Oc2nc(Nc3cccc(OC)c3)ncc2C(=O)NC2CC2)c1. The number of aromatic nitrogens is 2. The van der Waals surface area contributed by atoms with Gasteiger partial charge in [0.05, 0.1) is 7.11 Å². The van der Waals surface area contributed by atoms with E-state index in [4.69, 9.17) is 9.47 Å². The van der Waals surface area contributed by atoms with Crippen molar-refractivity contribution in [3.8, 4) is 17.4 Å². The van der Waals surface area contributed by atoms with Crippen molar-refractivity contribution in [3.05, 3.63) is 72.9 Å². The van der Waals surface area contributed by atoms with Crippen LogP contribution >= 0.6 is 0 Å². The minimum absolute atomic E-state index is 0.0840. The summed E-state index contributed by atoms with van der Waals surface area (Å²) in [5.41, 5.74) is 1.44. The van der Waals surface area contributed by atoms with Crippen LogP contribution in [0.5, 0.6) is 17.4 Å². The van der Waals surface area contributed by atoms with Gasteiger partial charge in [-0.3, -0.25) is 9.59 Å². The van der Waals surface area contributed by atoms with E-state index in [1.165, 1.54) is 12.3 Å². The molecule has 0 radical (unpaired) electrons. The minimum Gasteiger partial charge on any atom is -0.497 e. The van der Waals surface area contributed by atoms with Crippen molar-refractivity contribution in [3.63, 3.8) is 0 Å². The second kappa shape index (κ2) is 9.82. The van der Waals surface area contributed by atoms with Gasteiger partial charge >= 0.3 is 0 Å². The van der Waals surface area contributed by atoms with Crippen LogP contribution in [0.4, 0.5) is 17.3 Å². The number of methoxy groups -OCH3 is 1. The first-order valence-corrected chi connectivity index (χ1v) is 10.3. The second-order valence-electron chi connectivity index (χ2n) is 7.34. The quantitative estimate of drug-likeness (QED) is 0.426. The summed E-state index contributed by atoms with van der Waals surface area (Å²) in [5, 5.41) is 8.68. The summed E-state index contributed by atoms with van der Waals surface area (Å²) >= 11 is 0. The Bertz CT molecular complexity index is 1190. The highest BCUT2D eigenvalue weighted by atomic mass is 16.5. The van der Waals surface area contributed by atoms with Crippen LogP contribution in [0.25, 0.3) is 0 Å². The molecule has 0 aliphatic heterocycles. The third kappa shape index (κ3) is 5.85. The maximum absolute atomic E-state index is 12.7. The van der Waals surface area contributed by atoms with E-state index in [9.17, 15) is 9.59 Å². The first kappa shape index (κ1) is 21.8. The second-order valence-corrected chi connectivity index (χ2v) is 7.34. The molecule has 0 saturated heterocycles. The fourth-order valence-electron chi connectivity index (χ4n) is 2.92. The molecule has 0 spiro atoms. The first-order chi connectivity index (χ1) is 16.0. The summed E-state index contributed by atoms with van der Waals surface area (Å²) in [7, 11) is 1.58. The Kier molecular flexibility index (Phi) is 6.49. The average molecular weight is 445 g/mol. The number of ether oxygens (including phenoxy) is 2. The molecule has 2 aromatic carbocycles. The summed E-state index contributed by atoms with van der Waals surface area (Å²) in [6, 6.07) is 14.2. The fourth-order valence-corrected chi connectivity index (χ4v) is 2.92. The van der Waals surface area contributed by atoms with Gasteiger partial charge in [0, 0.05) is 35.7 Å². The van der Waals surface area contributed by atoms with Gasteiger partial charge in [0.1, 0.15) is 17.1 Å². The highest BCUT2D eigenvalue weighted by Gasteiger charge is 2.26. The number of amides is 2. The monoisotopic (exact) mass is 445 g/mol. The van der Waals surface area contributed by atoms with Crippen LogP contribution in [-0.2, 0) is 4.79 Å². The highest BCUT2D eigenvalue weighted by molar-refractivity contribution is 5.99. The molecule has 1 fully saturated rings. The van der Waals surface area contributed by atoms with Crippen molar-refractivity contribution in [2.75, 3.05) is 17.7 Å².